The van der Waals surface area contributed by atoms with E-state index in [2.05, 4.69) is 0 Å². The maximum atomic E-state index is 10.8. The van der Waals surface area contributed by atoms with Crippen LogP contribution in [0.5, 0.6) is 0 Å². The highest BCUT2D eigenvalue weighted by atomic mass is 16.6. The Balaban J connectivity index is 2.99. The second kappa shape index (κ2) is 5.05. The molecule has 0 saturated heterocycles. The second-order valence-corrected chi connectivity index (χ2v) is 4.01. The lowest BCUT2D eigenvalue weighted by atomic mass is 9.85. The molecule has 0 amide bonds. The van der Waals surface area contributed by atoms with Crippen LogP contribution in [0.3, 0.4) is 0 Å². The summed E-state index contributed by atoms with van der Waals surface area (Å²) in [6, 6.07) is -1.46. The van der Waals surface area contributed by atoms with Gasteiger partial charge in [0.2, 0.25) is 0 Å². The smallest absolute Gasteiger partial charge is 0.272 e. The van der Waals surface area contributed by atoms with Gasteiger partial charge in [-0.15, -0.1) is 0 Å². The van der Waals surface area contributed by atoms with Crippen LogP contribution in [-0.2, 0) is 0 Å². The lowest BCUT2D eigenvalue weighted by Crippen LogP contribution is -2.46. The number of nitrogens with zero attached hydrogens (tertiary/aromatic N) is 2. The van der Waals surface area contributed by atoms with Crippen LogP contribution in [0.15, 0.2) is 23.9 Å². The molecular weight excluding hydrogens is 228 g/mol. The van der Waals surface area contributed by atoms with Crippen LogP contribution in [0.2, 0.25) is 0 Å². The van der Waals surface area contributed by atoms with Crippen molar-refractivity contribution >= 4 is 0 Å². The predicted molar refractivity (Wildman–Crippen MR) is 59.5 cm³/mol. The van der Waals surface area contributed by atoms with Gasteiger partial charge in [-0.2, -0.15) is 0 Å². The molecule has 1 aliphatic rings. The van der Waals surface area contributed by atoms with Crippen LogP contribution in [0.4, 0.5) is 0 Å². The van der Waals surface area contributed by atoms with Crippen molar-refractivity contribution in [2.45, 2.75) is 37.8 Å². The van der Waals surface area contributed by atoms with Crippen molar-refractivity contribution in [1.82, 2.24) is 0 Å². The average molecular weight is 242 g/mol. The molecule has 0 aromatic rings. The number of nitro groups is 2. The van der Waals surface area contributed by atoms with Gasteiger partial charge in [0, 0.05) is 11.0 Å². The lowest BCUT2D eigenvalue weighted by Gasteiger charge is -2.27. The summed E-state index contributed by atoms with van der Waals surface area (Å²) in [6.07, 6.45) is 4.80. The molecule has 1 N–H and O–H groups in total. The normalized spacial score (nSPS) is 27.6. The summed E-state index contributed by atoms with van der Waals surface area (Å²) in [7, 11) is 0. The van der Waals surface area contributed by atoms with Crippen molar-refractivity contribution in [2.75, 3.05) is 0 Å². The lowest BCUT2D eigenvalue weighted by molar-refractivity contribution is -0.531. The van der Waals surface area contributed by atoms with E-state index in [0.717, 1.165) is 24.6 Å². The summed E-state index contributed by atoms with van der Waals surface area (Å²) in [6.45, 7) is 1.90. The minimum Gasteiger partial charge on any atom is -0.378 e. The first-order valence-electron chi connectivity index (χ1n) is 5.32. The quantitative estimate of drug-likeness (QED) is 0.577. The van der Waals surface area contributed by atoms with Gasteiger partial charge in [-0.05, 0) is 12.5 Å². The Bertz CT molecular complexity index is 390. The van der Waals surface area contributed by atoms with Crippen molar-refractivity contribution < 1.29 is 15.0 Å². The monoisotopic (exact) mass is 242 g/mol. The van der Waals surface area contributed by atoms with Crippen LogP contribution in [0.25, 0.3) is 0 Å². The molecule has 0 aliphatic heterocycles. The molecule has 0 aromatic carbocycles. The Labute approximate surface area is 97.7 Å². The van der Waals surface area contributed by atoms with E-state index >= 15 is 0 Å². The van der Waals surface area contributed by atoms with E-state index < -0.39 is 21.5 Å². The summed E-state index contributed by atoms with van der Waals surface area (Å²) in [4.78, 5) is 20.0. The van der Waals surface area contributed by atoms with Gasteiger partial charge in [0.15, 0.2) is 5.60 Å². The summed E-state index contributed by atoms with van der Waals surface area (Å²) in [5, 5.41) is 31.5. The van der Waals surface area contributed by atoms with Gasteiger partial charge >= 0.3 is 0 Å². The van der Waals surface area contributed by atoms with E-state index in [4.69, 9.17) is 0 Å². The fourth-order valence-corrected chi connectivity index (χ4v) is 1.75. The van der Waals surface area contributed by atoms with E-state index in [1.165, 1.54) is 0 Å². The molecule has 0 spiro atoms. The summed E-state index contributed by atoms with van der Waals surface area (Å²) in [5.74, 6) is 0. The van der Waals surface area contributed by atoms with Crippen LogP contribution in [-0.4, -0.2) is 26.6 Å². The van der Waals surface area contributed by atoms with Crippen LogP contribution < -0.4 is 0 Å². The van der Waals surface area contributed by atoms with Gasteiger partial charge in [-0.1, -0.05) is 19.8 Å². The van der Waals surface area contributed by atoms with Crippen molar-refractivity contribution in [3.63, 3.8) is 0 Å². The van der Waals surface area contributed by atoms with Crippen LogP contribution in [0.1, 0.15) is 26.2 Å². The van der Waals surface area contributed by atoms with Gasteiger partial charge < -0.3 is 5.11 Å². The molecule has 94 valence electrons. The fourth-order valence-electron chi connectivity index (χ4n) is 1.75. The molecule has 0 radical (unpaired) electrons. The van der Waals surface area contributed by atoms with Crippen molar-refractivity contribution in [3.05, 3.63) is 44.2 Å². The summed E-state index contributed by atoms with van der Waals surface area (Å²) >= 11 is 0. The van der Waals surface area contributed by atoms with E-state index in [1.54, 1.807) is 0 Å². The standard InChI is InChI=1S/C10H14N2O5/c1-2-3-5-10(13)6-4-8(11(14)15)7-9(10)12(16)17/h4,6-7,9,13H,2-3,5H2,1H3. The van der Waals surface area contributed by atoms with Gasteiger partial charge in [0.1, 0.15) is 0 Å². The molecule has 1 aliphatic carbocycles. The number of rotatable bonds is 5. The molecule has 17 heavy (non-hydrogen) atoms. The molecule has 7 heteroatoms. The number of unbranched alkanes of at least 4 members (excludes halogenated alkanes) is 1. The number of allylic oxidation sites excluding steroid dienone is 1. The highest BCUT2D eigenvalue weighted by molar-refractivity contribution is 5.26. The van der Waals surface area contributed by atoms with Crippen molar-refractivity contribution in [2.24, 2.45) is 0 Å². The molecule has 1 rings (SSSR count). The Hall–Kier alpha value is -1.76. The molecule has 0 fully saturated rings. The molecular formula is C10H14N2O5. The third-order valence-corrected chi connectivity index (χ3v) is 2.75. The first-order chi connectivity index (χ1) is 7.90. The fraction of sp³-hybridized carbons (Fsp3) is 0.600. The Kier molecular flexibility index (Phi) is 3.95. The predicted octanol–water partition coefficient (Wildman–Crippen LogP) is 1.28. The third-order valence-electron chi connectivity index (χ3n) is 2.75. The number of aliphatic hydroxyl groups is 1. The molecule has 2 atom stereocenters. The minimum atomic E-state index is -1.63. The number of hydrogen-bond donors (Lipinski definition) is 1. The van der Waals surface area contributed by atoms with E-state index in [1.807, 2.05) is 6.92 Å². The molecule has 0 heterocycles. The molecule has 0 aromatic heterocycles. The van der Waals surface area contributed by atoms with E-state index in [0.29, 0.717) is 6.42 Å². The molecule has 7 nitrogen and oxygen atoms in total. The highest BCUT2D eigenvalue weighted by Gasteiger charge is 2.45. The van der Waals surface area contributed by atoms with E-state index in [9.17, 15) is 25.3 Å². The Morgan fingerprint density at radius 3 is 2.59 bits per heavy atom. The zero-order valence-electron chi connectivity index (χ0n) is 9.41. The SMILES string of the molecule is CCCCC1(O)C=CC([N+](=O)[O-])=CC1[N+](=O)[O-]. The maximum Gasteiger partial charge on any atom is 0.272 e. The Morgan fingerprint density at radius 1 is 1.47 bits per heavy atom. The van der Waals surface area contributed by atoms with Gasteiger partial charge in [-0.25, -0.2) is 0 Å². The van der Waals surface area contributed by atoms with Gasteiger partial charge in [-0.3, -0.25) is 20.2 Å². The van der Waals surface area contributed by atoms with Crippen LogP contribution in [0, 0.1) is 20.2 Å². The molecule has 0 saturated carbocycles. The zero-order valence-corrected chi connectivity index (χ0v) is 9.41. The first-order valence-corrected chi connectivity index (χ1v) is 5.32. The minimum absolute atomic E-state index is 0.215. The van der Waals surface area contributed by atoms with Gasteiger partial charge in [0.25, 0.3) is 11.7 Å². The second-order valence-electron chi connectivity index (χ2n) is 4.01. The van der Waals surface area contributed by atoms with Crippen molar-refractivity contribution in [3.8, 4) is 0 Å². The van der Waals surface area contributed by atoms with Crippen molar-refractivity contribution in [1.29, 1.82) is 0 Å². The van der Waals surface area contributed by atoms with E-state index in [-0.39, 0.29) is 12.1 Å². The first kappa shape index (κ1) is 13.3. The maximum absolute atomic E-state index is 10.8. The van der Waals surface area contributed by atoms with Crippen LogP contribution >= 0.6 is 0 Å². The molecule has 0 bridgehead atoms. The Morgan fingerprint density at radius 2 is 2.12 bits per heavy atom. The molecule has 2 unspecified atom stereocenters. The third kappa shape index (κ3) is 2.88. The number of hydrogen-bond acceptors (Lipinski definition) is 5. The van der Waals surface area contributed by atoms with Gasteiger partial charge in [0.05, 0.1) is 11.0 Å². The topological polar surface area (TPSA) is 107 Å². The highest BCUT2D eigenvalue weighted by Crippen LogP contribution is 2.28. The summed E-state index contributed by atoms with van der Waals surface area (Å²) < 4.78 is 0. The zero-order chi connectivity index (χ0) is 13.1. The largest absolute Gasteiger partial charge is 0.378 e. The average Bonchev–Trinajstić information content (AvgIpc) is 2.26. The summed E-state index contributed by atoms with van der Waals surface area (Å²) in [5.41, 5.74) is -1.98.